The first-order chi connectivity index (χ1) is 8.26. The van der Waals surface area contributed by atoms with E-state index in [-0.39, 0.29) is 12.5 Å². The molecule has 0 radical (unpaired) electrons. The van der Waals surface area contributed by atoms with Crippen LogP contribution in [0.1, 0.15) is 30.9 Å². The van der Waals surface area contributed by atoms with E-state index in [0.717, 1.165) is 11.1 Å². The molecule has 0 aliphatic carbocycles. The summed E-state index contributed by atoms with van der Waals surface area (Å²) in [5.41, 5.74) is 1.93. The number of carbonyl (C=O) groups is 1. The number of hydrogen-bond donors (Lipinski definition) is 2. The SMILES string of the molecule is CCC(=O)NCc1cccc(C#CCCO)c1. The van der Waals surface area contributed by atoms with Crippen molar-refractivity contribution in [3.8, 4) is 11.8 Å². The van der Waals surface area contributed by atoms with E-state index in [4.69, 9.17) is 5.11 Å². The first kappa shape index (κ1) is 13.3. The molecule has 0 unspecified atom stereocenters. The summed E-state index contributed by atoms with van der Waals surface area (Å²) in [7, 11) is 0. The lowest BCUT2D eigenvalue weighted by Gasteiger charge is -2.03. The van der Waals surface area contributed by atoms with Gasteiger partial charge >= 0.3 is 0 Å². The Morgan fingerprint density at radius 2 is 2.29 bits per heavy atom. The van der Waals surface area contributed by atoms with E-state index in [1.165, 1.54) is 0 Å². The largest absolute Gasteiger partial charge is 0.395 e. The second-order valence-electron chi connectivity index (χ2n) is 3.61. The Bertz CT molecular complexity index is 429. The molecule has 2 N–H and O–H groups in total. The fourth-order valence-corrected chi connectivity index (χ4v) is 1.31. The highest BCUT2D eigenvalue weighted by atomic mass is 16.2. The van der Waals surface area contributed by atoms with Crippen molar-refractivity contribution in [3.63, 3.8) is 0 Å². The Labute approximate surface area is 102 Å². The summed E-state index contributed by atoms with van der Waals surface area (Å²) < 4.78 is 0. The fraction of sp³-hybridized carbons (Fsp3) is 0.357. The van der Waals surface area contributed by atoms with Gasteiger partial charge in [-0.25, -0.2) is 0 Å². The molecule has 0 aliphatic heterocycles. The number of aliphatic hydroxyl groups excluding tert-OH is 1. The van der Waals surface area contributed by atoms with E-state index in [2.05, 4.69) is 17.2 Å². The van der Waals surface area contributed by atoms with Crippen LogP contribution in [0.25, 0.3) is 0 Å². The molecule has 0 atom stereocenters. The van der Waals surface area contributed by atoms with Crippen molar-refractivity contribution in [2.45, 2.75) is 26.3 Å². The van der Waals surface area contributed by atoms with Gasteiger partial charge < -0.3 is 10.4 Å². The minimum Gasteiger partial charge on any atom is -0.395 e. The van der Waals surface area contributed by atoms with Crippen LogP contribution in [0, 0.1) is 11.8 Å². The fourth-order valence-electron chi connectivity index (χ4n) is 1.31. The van der Waals surface area contributed by atoms with Gasteiger partial charge in [0.2, 0.25) is 5.91 Å². The third-order valence-electron chi connectivity index (χ3n) is 2.21. The van der Waals surface area contributed by atoms with Gasteiger partial charge in [0.25, 0.3) is 0 Å². The molecule has 3 nitrogen and oxygen atoms in total. The van der Waals surface area contributed by atoms with E-state index < -0.39 is 0 Å². The molecule has 0 aliphatic rings. The van der Waals surface area contributed by atoms with Gasteiger partial charge in [-0.2, -0.15) is 0 Å². The number of hydrogen-bond acceptors (Lipinski definition) is 2. The molecule has 0 bridgehead atoms. The standard InChI is InChI=1S/C14H17NO2/c1-2-14(17)15-11-13-8-5-7-12(10-13)6-3-4-9-16/h5,7-8,10,16H,2,4,9,11H2,1H3,(H,15,17). The lowest BCUT2D eigenvalue weighted by Crippen LogP contribution is -2.21. The Kier molecular flexibility index (Phi) is 5.84. The summed E-state index contributed by atoms with van der Waals surface area (Å²) in [5.74, 6) is 5.88. The minimum atomic E-state index is 0.0433. The highest BCUT2D eigenvalue weighted by molar-refractivity contribution is 5.75. The highest BCUT2D eigenvalue weighted by Crippen LogP contribution is 2.04. The normalized spacial score (nSPS) is 9.29. The molecule has 0 saturated heterocycles. The summed E-state index contributed by atoms with van der Waals surface area (Å²) in [6, 6.07) is 7.72. The molecule has 0 heterocycles. The van der Waals surface area contributed by atoms with Crippen LogP contribution in [-0.4, -0.2) is 17.6 Å². The van der Waals surface area contributed by atoms with Crippen LogP contribution < -0.4 is 5.32 Å². The number of amides is 1. The van der Waals surface area contributed by atoms with Gasteiger partial charge in [0.1, 0.15) is 0 Å². The van der Waals surface area contributed by atoms with Crippen molar-refractivity contribution in [1.29, 1.82) is 0 Å². The van der Waals surface area contributed by atoms with Crippen LogP contribution in [0.3, 0.4) is 0 Å². The molecule has 1 amide bonds. The lowest BCUT2D eigenvalue weighted by atomic mass is 10.1. The maximum atomic E-state index is 11.1. The van der Waals surface area contributed by atoms with Crippen molar-refractivity contribution in [2.24, 2.45) is 0 Å². The summed E-state index contributed by atoms with van der Waals surface area (Å²) in [4.78, 5) is 11.1. The van der Waals surface area contributed by atoms with Crippen molar-refractivity contribution in [2.75, 3.05) is 6.61 Å². The second-order valence-corrected chi connectivity index (χ2v) is 3.61. The van der Waals surface area contributed by atoms with E-state index in [9.17, 15) is 4.79 Å². The molecule has 17 heavy (non-hydrogen) atoms. The quantitative estimate of drug-likeness (QED) is 0.770. The Balaban J connectivity index is 2.60. The summed E-state index contributed by atoms with van der Waals surface area (Å²) in [6.45, 7) is 2.44. The average Bonchev–Trinajstić information content (AvgIpc) is 2.37. The number of aliphatic hydroxyl groups is 1. The molecular formula is C14H17NO2. The van der Waals surface area contributed by atoms with E-state index in [1.54, 1.807) is 0 Å². The molecule has 1 aromatic carbocycles. The third-order valence-corrected chi connectivity index (χ3v) is 2.21. The monoisotopic (exact) mass is 231 g/mol. The highest BCUT2D eigenvalue weighted by Gasteiger charge is 1.97. The van der Waals surface area contributed by atoms with E-state index >= 15 is 0 Å². The topological polar surface area (TPSA) is 49.3 Å². The van der Waals surface area contributed by atoms with Gasteiger partial charge in [0, 0.05) is 24.9 Å². The average molecular weight is 231 g/mol. The van der Waals surface area contributed by atoms with Crippen LogP contribution in [0.2, 0.25) is 0 Å². The maximum absolute atomic E-state index is 11.1. The summed E-state index contributed by atoms with van der Waals surface area (Å²) in [5, 5.41) is 11.4. The molecule has 0 fully saturated rings. The predicted molar refractivity (Wildman–Crippen MR) is 67.2 cm³/mol. The molecule has 0 aromatic heterocycles. The molecule has 3 heteroatoms. The number of carbonyl (C=O) groups excluding carboxylic acids is 1. The zero-order valence-electron chi connectivity index (χ0n) is 9.99. The Hall–Kier alpha value is -1.79. The molecule has 0 saturated carbocycles. The lowest BCUT2D eigenvalue weighted by molar-refractivity contribution is -0.120. The Morgan fingerprint density at radius 1 is 1.47 bits per heavy atom. The van der Waals surface area contributed by atoms with Crippen molar-refractivity contribution in [1.82, 2.24) is 5.32 Å². The molecule has 90 valence electrons. The van der Waals surface area contributed by atoms with Crippen molar-refractivity contribution in [3.05, 3.63) is 35.4 Å². The number of benzene rings is 1. The summed E-state index contributed by atoms with van der Waals surface area (Å²) >= 11 is 0. The van der Waals surface area contributed by atoms with Gasteiger partial charge in [0.15, 0.2) is 0 Å². The third kappa shape index (κ3) is 5.19. The van der Waals surface area contributed by atoms with Crippen LogP contribution in [0.5, 0.6) is 0 Å². The molecule has 1 aromatic rings. The molecule has 0 spiro atoms. The zero-order valence-corrected chi connectivity index (χ0v) is 9.99. The van der Waals surface area contributed by atoms with Gasteiger partial charge in [-0.05, 0) is 17.7 Å². The van der Waals surface area contributed by atoms with E-state index in [1.807, 2.05) is 31.2 Å². The van der Waals surface area contributed by atoms with Crippen LogP contribution in [0.15, 0.2) is 24.3 Å². The van der Waals surface area contributed by atoms with E-state index in [0.29, 0.717) is 19.4 Å². The number of rotatable bonds is 4. The molecular weight excluding hydrogens is 214 g/mol. The first-order valence-electron chi connectivity index (χ1n) is 5.71. The minimum absolute atomic E-state index is 0.0433. The summed E-state index contributed by atoms with van der Waals surface area (Å²) in [6.07, 6.45) is 0.979. The first-order valence-corrected chi connectivity index (χ1v) is 5.71. The van der Waals surface area contributed by atoms with Gasteiger partial charge in [-0.3, -0.25) is 4.79 Å². The van der Waals surface area contributed by atoms with Crippen molar-refractivity contribution < 1.29 is 9.90 Å². The van der Waals surface area contributed by atoms with Gasteiger partial charge in [-0.15, -0.1) is 0 Å². The smallest absolute Gasteiger partial charge is 0.219 e. The number of nitrogens with one attached hydrogen (secondary N) is 1. The van der Waals surface area contributed by atoms with Crippen LogP contribution in [0.4, 0.5) is 0 Å². The van der Waals surface area contributed by atoms with Gasteiger partial charge in [-0.1, -0.05) is 30.9 Å². The maximum Gasteiger partial charge on any atom is 0.219 e. The van der Waals surface area contributed by atoms with Crippen molar-refractivity contribution >= 4 is 5.91 Å². The zero-order chi connectivity index (χ0) is 12.5. The predicted octanol–water partition coefficient (Wildman–Crippen LogP) is 1.45. The molecule has 1 rings (SSSR count). The second kappa shape index (κ2) is 7.48. The Morgan fingerprint density at radius 3 is 3.00 bits per heavy atom. The van der Waals surface area contributed by atoms with Crippen LogP contribution >= 0.6 is 0 Å². The van der Waals surface area contributed by atoms with Gasteiger partial charge in [0.05, 0.1) is 6.61 Å². The van der Waals surface area contributed by atoms with Crippen LogP contribution in [-0.2, 0) is 11.3 Å².